The van der Waals surface area contributed by atoms with Crippen molar-refractivity contribution in [3.05, 3.63) is 39.7 Å². The predicted octanol–water partition coefficient (Wildman–Crippen LogP) is 1.15. The molecule has 1 aromatic heterocycles. The summed E-state index contributed by atoms with van der Waals surface area (Å²) in [4.78, 5) is 11.7. The van der Waals surface area contributed by atoms with Crippen LogP contribution >= 0.6 is 0 Å². The van der Waals surface area contributed by atoms with Crippen LogP contribution in [0.1, 0.15) is 38.8 Å². The lowest BCUT2D eigenvalue weighted by atomic mass is 9.89. The van der Waals surface area contributed by atoms with Crippen LogP contribution in [0.5, 0.6) is 5.75 Å². The summed E-state index contributed by atoms with van der Waals surface area (Å²) in [5.41, 5.74) is -1.99. The molecule has 2 unspecified atom stereocenters. The Morgan fingerprint density at radius 2 is 1.59 bits per heavy atom. The van der Waals surface area contributed by atoms with E-state index in [2.05, 4.69) is 0 Å². The average molecular weight is 380 g/mol. The Morgan fingerprint density at radius 3 is 2.11 bits per heavy atom. The molecular formula is C20H28O7. The fraction of sp³-hybridized carbons (Fsp3) is 0.550. The number of ether oxygens (including phenoxy) is 1. The Morgan fingerprint density at radius 1 is 1.04 bits per heavy atom. The van der Waals surface area contributed by atoms with Crippen molar-refractivity contribution in [2.24, 2.45) is 0 Å². The number of aliphatic hydroxyl groups excluding tert-OH is 2. The lowest BCUT2D eigenvalue weighted by molar-refractivity contribution is -0.0478. The lowest BCUT2D eigenvalue weighted by Crippen LogP contribution is -2.38. The molecule has 2 atom stereocenters. The van der Waals surface area contributed by atoms with Gasteiger partial charge in [0.2, 0.25) is 0 Å². The molecule has 7 heteroatoms. The molecule has 7 nitrogen and oxygen atoms in total. The maximum Gasteiger partial charge on any atom is 0.336 e. The van der Waals surface area contributed by atoms with Gasteiger partial charge in [-0.2, -0.15) is 0 Å². The quantitative estimate of drug-likeness (QED) is 0.532. The molecule has 1 aromatic carbocycles. The second-order valence-electron chi connectivity index (χ2n) is 7.97. The maximum absolute atomic E-state index is 11.7. The molecule has 2 rings (SSSR count). The minimum absolute atomic E-state index is 0.0252. The van der Waals surface area contributed by atoms with Crippen molar-refractivity contribution < 1.29 is 29.6 Å². The normalized spacial score (nSPS) is 15.0. The van der Waals surface area contributed by atoms with Crippen LogP contribution in [0.15, 0.2) is 27.4 Å². The third kappa shape index (κ3) is 4.87. The van der Waals surface area contributed by atoms with Crippen molar-refractivity contribution in [1.29, 1.82) is 0 Å². The zero-order valence-electron chi connectivity index (χ0n) is 16.3. The van der Waals surface area contributed by atoms with E-state index in [-0.39, 0.29) is 18.4 Å². The van der Waals surface area contributed by atoms with Gasteiger partial charge in [0.25, 0.3) is 0 Å². The van der Waals surface area contributed by atoms with Gasteiger partial charge in [0.15, 0.2) is 0 Å². The van der Waals surface area contributed by atoms with E-state index in [4.69, 9.17) is 9.15 Å². The van der Waals surface area contributed by atoms with Crippen LogP contribution in [0.4, 0.5) is 0 Å². The largest absolute Gasteiger partial charge is 0.496 e. The highest BCUT2D eigenvalue weighted by molar-refractivity contribution is 5.83. The average Bonchev–Trinajstić information content (AvgIpc) is 2.53. The van der Waals surface area contributed by atoms with Crippen molar-refractivity contribution in [3.63, 3.8) is 0 Å². The molecule has 150 valence electrons. The Labute approximate surface area is 157 Å². The Balaban J connectivity index is 2.68. The maximum atomic E-state index is 11.7. The summed E-state index contributed by atoms with van der Waals surface area (Å²) < 4.78 is 10.8. The predicted molar refractivity (Wildman–Crippen MR) is 101 cm³/mol. The number of aliphatic hydroxyl groups is 4. The van der Waals surface area contributed by atoms with Crippen molar-refractivity contribution in [1.82, 2.24) is 0 Å². The summed E-state index contributed by atoms with van der Waals surface area (Å²) in [6, 6.07) is 4.58. The van der Waals surface area contributed by atoms with Crippen LogP contribution in [-0.4, -0.2) is 50.9 Å². The first kappa shape index (κ1) is 21.4. The van der Waals surface area contributed by atoms with Crippen LogP contribution in [0.3, 0.4) is 0 Å². The summed E-state index contributed by atoms with van der Waals surface area (Å²) in [7, 11) is 1.43. The molecule has 0 amide bonds. The summed E-state index contributed by atoms with van der Waals surface area (Å²) in [6.45, 7) is 5.96. The molecule has 0 aliphatic carbocycles. The summed E-state index contributed by atoms with van der Waals surface area (Å²) in [6.07, 6.45) is -2.14. The number of methoxy groups -OCH3 is 1. The summed E-state index contributed by atoms with van der Waals surface area (Å²) in [5.74, 6) is 0.337. The second-order valence-corrected chi connectivity index (χ2v) is 7.97. The molecule has 0 fully saturated rings. The second kappa shape index (κ2) is 7.59. The van der Waals surface area contributed by atoms with Gasteiger partial charge in [-0.3, -0.25) is 0 Å². The number of benzene rings is 1. The Kier molecular flexibility index (Phi) is 6.01. The van der Waals surface area contributed by atoms with Crippen LogP contribution in [0, 0.1) is 0 Å². The van der Waals surface area contributed by atoms with Crippen LogP contribution in [0.2, 0.25) is 0 Å². The molecule has 0 spiro atoms. The molecule has 27 heavy (non-hydrogen) atoms. The van der Waals surface area contributed by atoms with Crippen molar-refractivity contribution >= 4 is 11.0 Å². The summed E-state index contributed by atoms with van der Waals surface area (Å²) >= 11 is 0. The van der Waals surface area contributed by atoms with Gasteiger partial charge >= 0.3 is 5.63 Å². The van der Waals surface area contributed by atoms with Gasteiger partial charge in [-0.15, -0.1) is 0 Å². The monoisotopic (exact) mass is 380 g/mol. The van der Waals surface area contributed by atoms with E-state index in [1.165, 1.54) is 40.9 Å². The molecule has 1 heterocycles. The van der Waals surface area contributed by atoms with E-state index in [1.807, 2.05) is 0 Å². The van der Waals surface area contributed by atoms with Crippen LogP contribution < -0.4 is 10.4 Å². The van der Waals surface area contributed by atoms with Gasteiger partial charge in [0, 0.05) is 29.9 Å². The molecule has 2 aromatic rings. The van der Waals surface area contributed by atoms with Gasteiger partial charge < -0.3 is 29.6 Å². The van der Waals surface area contributed by atoms with E-state index in [0.717, 1.165) is 0 Å². The first-order valence-corrected chi connectivity index (χ1v) is 8.78. The number of hydrogen-bond acceptors (Lipinski definition) is 7. The Bertz CT molecular complexity index is 855. The third-order valence-electron chi connectivity index (χ3n) is 4.68. The highest BCUT2D eigenvalue weighted by Crippen LogP contribution is 2.35. The van der Waals surface area contributed by atoms with Crippen molar-refractivity contribution in [2.45, 2.75) is 63.9 Å². The number of rotatable bonds is 7. The Hall–Kier alpha value is -1.93. The summed E-state index contributed by atoms with van der Waals surface area (Å²) in [5, 5.41) is 41.4. The molecule has 0 saturated carbocycles. The lowest BCUT2D eigenvalue weighted by Gasteiger charge is -2.28. The first-order valence-electron chi connectivity index (χ1n) is 8.78. The number of hydrogen-bond donors (Lipinski definition) is 4. The smallest absolute Gasteiger partial charge is 0.336 e. The topological polar surface area (TPSA) is 120 Å². The van der Waals surface area contributed by atoms with Crippen LogP contribution in [0.25, 0.3) is 11.0 Å². The van der Waals surface area contributed by atoms with Gasteiger partial charge in [-0.05, 0) is 45.4 Å². The first-order chi connectivity index (χ1) is 12.3. The van der Waals surface area contributed by atoms with Crippen molar-refractivity contribution in [3.8, 4) is 5.75 Å². The molecular weight excluding hydrogens is 352 g/mol. The van der Waals surface area contributed by atoms with Gasteiger partial charge in [0.1, 0.15) is 11.3 Å². The van der Waals surface area contributed by atoms with Gasteiger partial charge in [-0.25, -0.2) is 4.79 Å². The fourth-order valence-corrected chi connectivity index (χ4v) is 2.82. The molecule has 0 saturated heterocycles. The van der Waals surface area contributed by atoms with Gasteiger partial charge in [-0.1, -0.05) is 0 Å². The van der Waals surface area contributed by atoms with E-state index >= 15 is 0 Å². The van der Waals surface area contributed by atoms with Gasteiger partial charge in [0.05, 0.1) is 30.5 Å². The van der Waals surface area contributed by atoms with E-state index in [1.54, 1.807) is 12.1 Å². The van der Waals surface area contributed by atoms with Crippen molar-refractivity contribution in [2.75, 3.05) is 7.11 Å². The fourth-order valence-electron chi connectivity index (χ4n) is 2.82. The SMILES string of the molecule is COc1c(CC(O)C(C)(C)O)cc2ccc(=O)oc2c1CC(O)C(C)(C)O. The van der Waals surface area contributed by atoms with E-state index < -0.39 is 29.0 Å². The zero-order chi connectivity index (χ0) is 20.6. The van der Waals surface area contributed by atoms with E-state index in [9.17, 15) is 25.2 Å². The number of fused-ring (bicyclic) bond motifs is 1. The standard InChI is InChI=1S/C20H28O7/c1-19(2,24)14(21)9-12-8-11-6-7-16(23)27-18(11)13(17(12)26-5)10-15(22)20(3,4)25/h6-8,14-15,21-22,24-25H,9-10H2,1-5H3. The zero-order valence-corrected chi connectivity index (χ0v) is 16.3. The molecule has 0 radical (unpaired) electrons. The highest BCUT2D eigenvalue weighted by Gasteiger charge is 2.30. The molecule has 4 N–H and O–H groups in total. The van der Waals surface area contributed by atoms with E-state index in [0.29, 0.717) is 22.3 Å². The third-order valence-corrected chi connectivity index (χ3v) is 4.68. The molecule has 0 aliphatic rings. The van der Waals surface area contributed by atoms with Crippen LogP contribution in [-0.2, 0) is 12.8 Å². The molecule has 0 aliphatic heterocycles. The highest BCUT2D eigenvalue weighted by atomic mass is 16.5. The minimum Gasteiger partial charge on any atom is -0.496 e. The molecule has 0 bridgehead atoms. The minimum atomic E-state index is -1.38.